The summed E-state index contributed by atoms with van der Waals surface area (Å²) in [5.41, 5.74) is -0.100. The normalized spacial score (nSPS) is 18.6. The Morgan fingerprint density at radius 3 is 1.87 bits per heavy atom. The molecular weight excluding hydrogens is 299 g/mol. The summed E-state index contributed by atoms with van der Waals surface area (Å²) in [5, 5.41) is 0. The van der Waals surface area contributed by atoms with Gasteiger partial charge in [-0.1, -0.05) is 6.07 Å². The lowest BCUT2D eigenvalue weighted by atomic mass is 9.77. The maximum absolute atomic E-state index is 12.0. The molecule has 6 nitrogen and oxygen atoms in total. The third kappa shape index (κ3) is 3.11. The Morgan fingerprint density at radius 1 is 0.913 bits per heavy atom. The zero-order valence-electron chi connectivity index (χ0n) is 14.3. The Labute approximate surface area is 136 Å². The minimum absolute atomic E-state index is 0.117. The van der Waals surface area contributed by atoms with E-state index in [0.717, 1.165) is 0 Å². The molecule has 1 aromatic rings. The van der Waals surface area contributed by atoms with Crippen LogP contribution in [0.15, 0.2) is 18.2 Å². The molecule has 0 aliphatic carbocycles. The van der Waals surface area contributed by atoms with Crippen molar-refractivity contribution in [1.82, 2.24) is 0 Å². The molecule has 7 heteroatoms. The molecule has 0 amide bonds. The lowest BCUT2D eigenvalue weighted by Gasteiger charge is -2.32. The van der Waals surface area contributed by atoms with Crippen LogP contribution in [0.4, 0.5) is 0 Å². The Balaban J connectivity index is 2.43. The molecule has 1 aliphatic rings. The molecule has 0 atom stereocenters. The van der Waals surface area contributed by atoms with E-state index in [1.165, 1.54) is 20.3 Å². The second-order valence-electron chi connectivity index (χ2n) is 6.38. The van der Waals surface area contributed by atoms with Crippen molar-refractivity contribution < 1.29 is 28.4 Å². The van der Waals surface area contributed by atoms with Crippen LogP contribution in [0.5, 0.6) is 0 Å². The predicted octanol–water partition coefficient (Wildman–Crippen LogP) is 1.56. The zero-order valence-corrected chi connectivity index (χ0v) is 14.3. The minimum atomic E-state index is -0.630. The number of ether oxygens (including phenoxy) is 2. The Kier molecular flexibility index (Phi) is 4.55. The van der Waals surface area contributed by atoms with Gasteiger partial charge in [-0.3, -0.25) is 0 Å². The maximum atomic E-state index is 12.0. The first-order valence-corrected chi connectivity index (χ1v) is 7.29. The summed E-state index contributed by atoms with van der Waals surface area (Å²) in [6.07, 6.45) is 0. The topological polar surface area (TPSA) is 71.1 Å². The van der Waals surface area contributed by atoms with Gasteiger partial charge in [0.25, 0.3) is 0 Å². The van der Waals surface area contributed by atoms with Crippen LogP contribution in [-0.4, -0.2) is 44.5 Å². The van der Waals surface area contributed by atoms with Gasteiger partial charge in [0.15, 0.2) is 0 Å². The van der Waals surface area contributed by atoms with Gasteiger partial charge in [0.05, 0.1) is 36.5 Å². The highest BCUT2D eigenvalue weighted by Gasteiger charge is 2.51. The van der Waals surface area contributed by atoms with Gasteiger partial charge in [0.2, 0.25) is 0 Å². The summed E-state index contributed by atoms with van der Waals surface area (Å²) in [6, 6.07) is 4.74. The van der Waals surface area contributed by atoms with Crippen LogP contribution in [0.3, 0.4) is 0 Å². The summed E-state index contributed by atoms with van der Waals surface area (Å²) < 4.78 is 21.3. The highest BCUT2D eigenvalue weighted by atomic mass is 16.7. The molecule has 124 valence electrons. The van der Waals surface area contributed by atoms with Gasteiger partial charge in [-0.2, -0.15) is 0 Å². The number of esters is 2. The lowest BCUT2D eigenvalue weighted by molar-refractivity contribution is 0.00578. The molecule has 0 bridgehead atoms. The van der Waals surface area contributed by atoms with Crippen molar-refractivity contribution in [2.45, 2.75) is 38.9 Å². The van der Waals surface area contributed by atoms with Crippen LogP contribution in [0.1, 0.15) is 48.4 Å². The van der Waals surface area contributed by atoms with E-state index >= 15 is 0 Å². The molecule has 1 heterocycles. The average molecular weight is 320 g/mol. The van der Waals surface area contributed by atoms with Crippen LogP contribution in [0.25, 0.3) is 0 Å². The third-order valence-corrected chi connectivity index (χ3v) is 4.38. The average Bonchev–Trinajstić information content (AvgIpc) is 2.73. The number of hydrogen-bond acceptors (Lipinski definition) is 6. The second kappa shape index (κ2) is 5.98. The summed E-state index contributed by atoms with van der Waals surface area (Å²) in [6.45, 7) is 7.77. The van der Waals surface area contributed by atoms with Crippen molar-refractivity contribution in [3.8, 4) is 0 Å². The number of methoxy groups -OCH3 is 2. The van der Waals surface area contributed by atoms with E-state index < -0.39 is 30.3 Å². The summed E-state index contributed by atoms with van der Waals surface area (Å²) >= 11 is 0. The molecule has 23 heavy (non-hydrogen) atoms. The standard InChI is InChI=1S/C16H21BO6/c1-15(2)16(3,4)23-17(22-15)10-7-8-11(13(18)20-5)12(9-10)14(19)21-6/h7-9H,1-6H3. The van der Waals surface area contributed by atoms with E-state index in [0.29, 0.717) is 5.46 Å². The van der Waals surface area contributed by atoms with Crippen molar-refractivity contribution >= 4 is 24.5 Å². The molecule has 0 unspecified atom stereocenters. The Hall–Kier alpha value is -1.86. The van der Waals surface area contributed by atoms with Crippen molar-refractivity contribution in [2.75, 3.05) is 14.2 Å². The molecule has 0 N–H and O–H groups in total. The Morgan fingerprint density at radius 2 is 1.39 bits per heavy atom. The van der Waals surface area contributed by atoms with Crippen LogP contribution >= 0.6 is 0 Å². The van der Waals surface area contributed by atoms with Crippen LogP contribution in [0, 0.1) is 0 Å². The van der Waals surface area contributed by atoms with E-state index in [1.54, 1.807) is 12.1 Å². The van der Waals surface area contributed by atoms with E-state index in [4.69, 9.17) is 18.8 Å². The summed E-state index contributed by atoms with van der Waals surface area (Å²) in [4.78, 5) is 23.8. The summed E-state index contributed by atoms with van der Waals surface area (Å²) in [5.74, 6) is -1.23. The molecule has 1 aliphatic heterocycles. The number of benzene rings is 1. The largest absolute Gasteiger partial charge is 0.494 e. The fourth-order valence-corrected chi connectivity index (χ4v) is 2.25. The van der Waals surface area contributed by atoms with Gasteiger partial charge in [0.1, 0.15) is 0 Å². The molecule has 0 radical (unpaired) electrons. The number of carbonyl (C=O) groups is 2. The van der Waals surface area contributed by atoms with Crippen molar-refractivity contribution in [2.24, 2.45) is 0 Å². The van der Waals surface area contributed by atoms with Crippen LogP contribution in [-0.2, 0) is 18.8 Å². The molecule has 1 saturated heterocycles. The molecule has 0 spiro atoms. The Bertz CT molecular complexity index is 621. The number of hydrogen-bond donors (Lipinski definition) is 0. The van der Waals surface area contributed by atoms with Gasteiger partial charge in [0, 0.05) is 0 Å². The minimum Gasteiger partial charge on any atom is -0.465 e. The highest BCUT2D eigenvalue weighted by Crippen LogP contribution is 2.36. The van der Waals surface area contributed by atoms with Gasteiger partial charge in [-0.15, -0.1) is 0 Å². The fourth-order valence-electron chi connectivity index (χ4n) is 2.25. The molecule has 1 aromatic carbocycles. The lowest BCUT2D eigenvalue weighted by Crippen LogP contribution is -2.41. The molecule has 2 rings (SSSR count). The van der Waals surface area contributed by atoms with Gasteiger partial charge < -0.3 is 18.8 Å². The van der Waals surface area contributed by atoms with Crippen molar-refractivity contribution in [3.05, 3.63) is 29.3 Å². The van der Waals surface area contributed by atoms with Crippen molar-refractivity contribution in [3.63, 3.8) is 0 Å². The molecular formula is C16H21BO6. The predicted molar refractivity (Wildman–Crippen MR) is 84.8 cm³/mol. The van der Waals surface area contributed by atoms with E-state index in [-0.39, 0.29) is 11.1 Å². The second-order valence-corrected chi connectivity index (χ2v) is 6.38. The number of carbonyl (C=O) groups excluding carboxylic acids is 2. The molecule has 0 aromatic heterocycles. The number of rotatable bonds is 3. The van der Waals surface area contributed by atoms with Gasteiger partial charge in [-0.25, -0.2) is 9.59 Å². The fraction of sp³-hybridized carbons (Fsp3) is 0.500. The third-order valence-electron chi connectivity index (χ3n) is 4.38. The van der Waals surface area contributed by atoms with E-state index in [2.05, 4.69) is 0 Å². The quantitative estimate of drug-likeness (QED) is 0.622. The SMILES string of the molecule is COC(=O)c1ccc(B2OC(C)(C)C(C)(C)O2)cc1C(=O)OC. The maximum Gasteiger partial charge on any atom is 0.494 e. The first-order chi connectivity index (χ1) is 10.6. The first-order valence-electron chi connectivity index (χ1n) is 7.29. The van der Waals surface area contributed by atoms with Gasteiger partial charge in [-0.05, 0) is 45.3 Å². The monoisotopic (exact) mass is 320 g/mol. The molecule has 0 saturated carbocycles. The first kappa shape index (κ1) is 17.5. The van der Waals surface area contributed by atoms with Gasteiger partial charge >= 0.3 is 19.1 Å². The van der Waals surface area contributed by atoms with E-state index in [1.807, 2.05) is 27.7 Å². The smallest absolute Gasteiger partial charge is 0.465 e. The summed E-state index contributed by atoms with van der Waals surface area (Å²) in [7, 11) is 1.88. The zero-order chi connectivity index (χ0) is 17.4. The highest BCUT2D eigenvalue weighted by molar-refractivity contribution is 6.62. The molecule has 1 fully saturated rings. The van der Waals surface area contributed by atoms with Crippen molar-refractivity contribution in [1.29, 1.82) is 0 Å². The van der Waals surface area contributed by atoms with Crippen LogP contribution in [0.2, 0.25) is 0 Å². The van der Waals surface area contributed by atoms with Crippen LogP contribution < -0.4 is 5.46 Å². The van der Waals surface area contributed by atoms with E-state index in [9.17, 15) is 9.59 Å².